The summed E-state index contributed by atoms with van der Waals surface area (Å²) in [5, 5.41) is 5.72. The fraction of sp³-hybridized carbons (Fsp3) is 0.375. The van der Waals surface area contributed by atoms with Gasteiger partial charge in [0.25, 0.3) is 0 Å². The van der Waals surface area contributed by atoms with Crippen LogP contribution in [-0.2, 0) is 4.74 Å². The Kier molecular flexibility index (Phi) is 5.99. The van der Waals surface area contributed by atoms with Gasteiger partial charge in [0.15, 0.2) is 0 Å². The van der Waals surface area contributed by atoms with Gasteiger partial charge >= 0.3 is 6.03 Å². The fourth-order valence-corrected chi connectivity index (χ4v) is 2.11. The number of H-pyrrole nitrogens is 1. The van der Waals surface area contributed by atoms with Gasteiger partial charge in [-0.05, 0) is 25.5 Å². The number of hydrogen-bond acceptors (Lipinski definition) is 4. The molecule has 0 aliphatic heterocycles. The Morgan fingerprint density at radius 3 is 2.91 bits per heavy atom. The summed E-state index contributed by atoms with van der Waals surface area (Å²) >= 11 is 0. The summed E-state index contributed by atoms with van der Waals surface area (Å²) in [6, 6.07) is 4.68. The highest BCUT2D eigenvalue weighted by Gasteiger charge is 2.09. The molecule has 2 rings (SSSR count). The van der Waals surface area contributed by atoms with E-state index in [1.165, 1.54) is 6.20 Å². The van der Waals surface area contributed by atoms with E-state index < -0.39 is 6.03 Å². The number of amides is 2. The van der Waals surface area contributed by atoms with Crippen LogP contribution in [0, 0.1) is 0 Å². The van der Waals surface area contributed by atoms with Crippen LogP contribution in [0.15, 0.2) is 29.2 Å². The second kappa shape index (κ2) is 8.19. The number of aromatic amines is 1. The van der Waals surface area contributed by atoms with Crippen LogP contribution in [0.1, 0.15) is 13.3 Å². The number of nitrogens with one attached hydrogen (secondary N) is 3. The van der Waals surface area contributed by atoms with E-state index in [0.717, 1.165) is 6.42 Å². The molecule has 2 amide bonds. The molecule has 0 bridgehead atoms. The molecule has 23 heavy (non-hydrogen) atoms. The molecule has 0 saturated carbocycles. The van der Waals surface area contributed by atoms with Crippen molar-refractivity contribution in [2.75, 3.05) is 32.2 Å². The summed E-state index contributed by atoms with van der Waals surface area (Å²) < 4.78 is 10.3. The molecule has 0 unspecified atom stereocenters. The van der Waals surface area contributed by atoms with Gasteiger partial charge in [0.1, 0.15) is 11.4 Å². The predicted molar refractivity (Wildman–Crippen MR) is 89.3 cm³/mol. The lowest BCUT2D eigenvalue weighted by Crippen LogP contribution is -2.32. The van der Waals surface area contributed by atoms with Gasteiger partial charge < -0.3 is 25.1 Å². The lowest BCUT2D eigenvalue weighted by atomic mass is 10.2. The fourth-order valence-electron chi connectivity index (χ4n) is 2.11. The molecule has 3 N–H and O–H groups in total. The largest absolute Gasteiger partial charge is 0.497 e. The van der Waals surface area contributed by atoms with E-state index in [-0.39, 0.29) is 11.1 Å². The van der Waals surface area contributed by atoms with Gasteiger partial charge in [-0.15, -0.1) is 0 Å². The number of benzene rings is 1. The SMILES string of the molecule is CCOCCCNC(=O)Nc1c[nH]c2cc(OC)ccc2c1=O. The molecule has 0 fully saturated rings. The maximum atomic E-state index is 12.4. The Bertz CT molecular complexity index is 727. The zero-order valence-corrected chi connectivity index (χ0v) is 13.3. The molecule has 1 aromatic carbocycles. The number of carbonyl (C=O) groups is 1. The molecule has 0 aliphatic rings. The molecule has 0 aliphatic carbocycles. The Balaban J connectivity index is 2.01. The third kappa shape index (κ3) is 4.46. The highest BCUT2D eigenvalue weighted by Crippen LogP contribution is 2.17. The Hall–Kier alpha value is -2.54. The van der Waals surface area contributed by atoms with E-state index in [1.807, 2.05) is 6.92 Å². The minimum Gasteiger partial charge on any atom is -0.497 e. The van der Waals surface area contributed by atoms with Crippen molar-refractivity contribution in [2.45, 2.75) is 13.3 Å². The number of urea groups is 1. The van der Waals surface area contributed by atoms with Crippen molar-refractivity contribution in [3.63, 3.8) is 0 Å². The average Bonchev–Trinajstić information content (AvgIpc) is 2.57. The van der Waals surface area contributed by atoms with E-state index in [2.05, 4.69) is 15.6 Å². The number of aromatic nitrogens is 1. The highest BCUT2D eigenvalue weighted by molar-refractivity contribution is 5.92. The Morgan fingerprint density at radius 2 is 2.17 bits per heavy atom. The molecular weight excluding hydrogens is 298 g/mol. The number of ether oxygens (including phenoxy) is 2. The predicted octanol–water partition coefficient (Wildman–Crippen LogP) is 2.08. The maximum Gasteiger partial charge on any atom is 0.319 e. The molecule has 0 saturated heterocycles. The number of rotatable bonds is 7. The quantitative estimate of drug-likeness (QED) is 0.681. The molecule has 1 aromatic heterocycles. The summed E-state index contributed by atoms with van der Waals surface area (Å²) in [6.07, 6.45) is 2.19. The van der Waals surface area contributed by atoms with Gasteiger partial charge in [-0.2, -0.15) is 0 Å². The van der Waals surface area contributed by atoms with Crippen molar-refractivity contribution in [1.82, 2.24) is 10.3 Å². The second-order valence-electron chi connectivity index (χ2n) is 4.87. The lowest BCUT2D eigenvalue weighted by molar-refractivity contribution is 0.145. The van der Waals surface area contributed by atoms with Gasteiger partial charge in [0.05, 0.1) is 12.6 Å². The van der Waals surface area contributed by atoms with Gasteiger partial charge in [-0.25, -0.2) is 4.79 Å². The minimum atomic E-state index is -0.417. The van der Waals surface area contributed by atoms with Crippen LogP contribution in [0.5, 0.6) is 5.75 Å². The van der Waals surface area contributed by atoms with Gasteiger partial charge in [-0.1, -0.05) is 0 Å². The summed E-state index contributed by atoms with van der Waals surface area (Å²) in [4.78, 5) is 27.1. The third-order valence-corrected chi connectivity index (χ3v) is 3.29. The van der Waals surface area contributed by atoms with Crippen LogP contribution in [0.2, 0.25) is 0 Å². The zero-order valence-electron chi connectivity index (χ0n) is 13.3. The van der Waals surface area contributed by atoms with E-state index in [4.69, 9.17) is 9.47 Å². The first kappa shape index (κ1) is 16.8. The van der Waals surface area contributed by atoms with Crippen LogP contribution in [0.3, 0.4) is 0 Å². The second-order valence-corrected chi connectivity index (χ2v) is 4.87. The van der Waals surface area contributed by atoms with Crippen LogP contribution in [-0.4, -0.2) is 37.9 Å². The first-order chi connectivity index (χ1) is 11.2. The maximum absolute atomic E-state index is 12.4. The monoisotopic (exact) mass is 319 g/mol. The third-order valence-electron chi connectivity index (χ3n) is 3.29. The number of fused-ring (bicyclic) bond motifs is 1. The topological polar surface area (TPSA) is 92.5 Å². The summed E-state index contributed by atoms with van der Waals surface area (Å²) in [5.74, 6) is 0.654. The summed E-state index contributed by atoms with van der Waals surface area (Å²) in [7, 11) is 1.56. The summed E-state index contributed by atoms with van der Waals surface area (Å²) in [6.45, 7) is 3.65. The van der Waals surface area contributed by atoms with Gasteiger partial charge in [-0.3, -0.25) is 4.79 Å². The molecule has 2 aromatic rings. The highest BCUT2D eigenvalue weighted by atomic mass is 16.5. The van der Waals surface area contributed by atoms with E-state index in [9.17, 15) is 9.59 Å². The number of pyridine rings is 1. The van der Waals surface area contributed by atoms with Crippen molar-refractivity contribution >= 4 is 22.6 Å². The van der Waals surface area contributed by atoms with Crippen molar-refractivity contribution in [3.8, 4) is 5.75 Å². The standard InChI is InChI=1S/C16H21N3O4/c1-3-23-8-4-7-17-16(21)19-14-10-18-13-9-11(22-2)5-6-12(13)15(14)20/h5-6,9-10H,3-4,7-8H2,1-2H3,(H,18,20)(H2,17,19,21). The van der Waals surface area contributed by atoms with Crippen molar-refractivity contribution in [2.24, 2.45) is 0 Å². The molecule has 1 heterocycles. The van der Waals surface area contributed by atoms with Crippen molar-refractivity contribution in [3.05, 3.63) is 34.6 Å². The molecule has 7 nitrogen and oxygen atoms in total. The van der Waals surface area contributed by atoms with Crippen molar-refractivity contribution in [1.29, 1.82) is 0 Å². The summed E-state index contributed by atoms with van der Waals surface area (Å²) in [5.41, 5.74) is 0.605. The van der Waals surface area contributed by atoms with E-state index in [1.54, 1.807) is 25.3 Å². The van der Waals surface area contributed by atoms with Crippen LogP contribution in [0.4, 0.5) is 10.5 Å². The lowest BCUT2D eigenvalue weighted by Gasteiger charge is -2.08. The Morgan fingerprint density at radius 1 is 1.35 bits per heavy atom. The van der Waals surface area contributed by atoms with E-state index >= 15 is 0 Å². The number of methoxy groups -OCH3 is 1. The van der Waals surface area contributed by atoms with Crippen LogP contribution < -0.4 is 20.8 Å². The van der Waals surface area contributed by atoms with Crippen LogP contribution >= 0.6 is 0 Å². The average molecular weight is 319 g/mol. The van der Waals surface area contributed by atoms with E-state index in [0.29, 0.717) is 36.4 Å². The smallest absolute Gasteiger partial charge is 0.319 e. The number of anilines is 1. The molecular formula is C16H21N3O4. The molecule has 124 valence electrons. The zero-order chi connectivity index (χ0) is 16.7. The molecule has 0 radical (unpaired) electrons. The first-order valence-corrected chi connectivity index (χ1v) is 7.47. The van der Waals surface area contributed by atoms with Gasteiger partial charge in [0.2, 0.25) is 5.43 Å². The van der Waals surface area contributed by atoms with Crippen molar-refractivity contribution < 1.29 is 14.3 Å². The number of hydrogen-bond donors (Lipinski definition) is 3. The van der Waals surface area contributed by atoms with Crippen LogP contribution in [0.25, 0.3) is 10.9 Å². The Labute approximate surface area is 134 Å². The van der Waals surface area contributed by atoms with Gasteiger partial charge in [0, 0.05) is 37.4 Å². The molecule has 0 atom stereocenters. The number of carbonyl (C=O) groups excluding carboxylic acids is 1. The molecule has 7 heteroatoms. The normalized spacial score (nSPS) is 10.5. The minimum absolute atomic E-state index is 0.199. The molecule has 0 spiro atoms. The first-order valence-electron chi connectivity index (χ1n) is 7.47.